The van der Waals surface area contributed by atoms with Crippen LogP contribution in [0.15, 0.2) is 0 Å². The monoisotopic (exact) mass is 207 g/mol. The minimum Gasteiger partial charge on any atom is -0.373 e. The topological polar surface area (TPSA) is 21.3 Å². The number of ether oxygens (including phenoxy) is 1. The van der Waals surface area contributed by atoms with Crippen molar-refractivity contribution in [1.82, 2.24) is 5.32 Å². The van der Waals surface area contributed by atoms with Gasteiger partial charge in [-0.15, -0.1) is 0 Å². The Morgan fingerprint density at radius 2 is 2.14 bits per heavy atom. The summed E-state index contributed by atoms with van der Waals surface area (Å²) in [5.74, 6) is 0. The van der Waals surface area contributed by atoms with E-state index in [0.29, 0.717) is 0 Å². The molecule has 0 radical (unpaired) electrons. The molecule has 0 amide bonds. The summed E-state index contributed by atoms with van der Waals surface area (Å²) in [4.78, 5) is 0. The van der Waals surface area contributed by atoms with E-state index in [9.17, 15) is 8.78 Å². The second kappa shape index (κ2) is 6.30. The maximum absolute atomic E-state index is 11.8. The fourth-order valence-electron chi connectivity index (χ4n) is 1.30. The standard InChI is InChI=1S/C10H19F2NO/c1-8(14-7-10(11)12)3-2-6-13-9-4-5-9/h8-10,13H,2-7H2,1H3. The van der Waals surface area contributed by atoms with Gasteiger partial charge in [0.05, 0.1) is 6.10 Å². The van der Waals surface area contributed by atoms with E-state index >= 15 is 0 Å². The Morgan fingerprint density at radius 1 is 1.43 bits per heavy atom. The van der Waals surface area contributed by atoms with Gasteiger partial charge in [-0.2, -0.15) is 0 Å². The number of nitrogens with one attached hydrogen (secondary N) is 1. The van der Waals surface area contributed by atoms with Crippen molar-refractivity contribution in [2.24, 2.45) is 0 Å². The molecular weight excluding hydrogens is 188 g/mol. The van der Waals surface area contributed by atoms with E-state index in [1.165, 1.54) is 12.8 Å². The highest BCUT2D eigenvalue weighted by Gasteiger charge is 2.19. The Morgan fingerprint density at radius 3 is 2.71 bits per heavy atom. The zero-order valence-electron chi connectivity index (χ0n) is 8.64. The van der Waals surface area contributed by atoms with Gasteiger partial charge in [-0.3, -0.25) is 0 Å². The molecule has 1 unspecified atom stereocenters. The van der Waals surface area contributed by atoms with Crippen LogP contribution < -0.4 is 5.32 Å². The van der Waals surface area contributed by atoms with Gasteiger partial charge >= 0.3 is 0 Å². The second-order valence-electron chi connectivity index (χ2n) is 3.91. The van der Waals surface area contributed by atoms with Crippen LogP contribution in [0.1, 0.15) is 32.6 Å². The fraction of sp³-hybridized carbons (Fsp3) is 1.00. The summed E-state index contributed by atoms with van der Waals surface area (Å²) in [5, 5.41) is 3.37. The molecule has 84 valence electrons. The van der Waals surface area contributed by atoms with Crippen LogP contribution in [0.4, 0.5) is 8.78 Å². The summed E-state index contributed by atoms with van der Waals surface area (Å²) in [5.41, 5.74) is 0. The third kappa shape index (κ3) is 6.27. The Labute approximate surface area is 84.0 Å². The Balaban J connectivity index is 1.83. The quantitative estimate of drug-likeness (QED) is 0.616. The average molecular weight is 207 g/mol. The van der Waals surface area contributed by atoms with Crippen molar-refractivity contribution in [2.45, 2.75) is 51.2 Å². The van der Waals surface area contributed by atoms with Crippen molar-refractivity contribution in [1.29, 1.82) is 0 Å². The molecule has 1 saturated carbocycles. The average Bonchev–Trinajstić information content (AvgIpc) is 2.92. The molecule has 0 heterocycles. The second-order valence-corrected chi connectivity index (χ2v) is 3.91. The van der Waals surface area contributed by atoms with Crippen LogP contribution in [-0.2, 0) is 4.74 Å². The van der Waals surface area contributed by atoms with E-state index in [4.69, 9.17) is 4.74 Å². The predicted octanol–water partition coefficient (Wildman–Crippen LogP) is 2.19. The van der Waals surface area contributed by atoms with Gasteiger partial charge in [0.15, 0.2) is 0 Å². The predicted molar refractivity (Wildman–Crippen MR) is 51.7 cm³/mol. The highest BCUT2D eigenvalue weighted by atomic mass is 19.3. The highest BCUT2D eigenvalue weighted by Crippen LogP contribution is 2.18. The summed E-state index contributed by atoms with van der Waals surface area (Å²) < 4.78 is 28.5. The lowest BCUT2D eigenvalue weighted by molar-refractivity contribution is -0.0202. The van der Waals surface area contributed by atoms with E-state index in [0.717, 1.165) is 25.4 Å². The van der Waals surface area contributed by atoms with Crippen LogP contribution in [0.3, 0.4) is 0 Å². The Bertz CT molecular complexity index is 151. The molecule has 1 atom stereocenters. The first-order valence-corrected chi connectivity index (χ1v) is 5.31. The van der Waals surface area contributed by atoms with Gasteiger partial charge in [0, 0.05) is 6.04 Å². The van der Waals surface area contributed by atoms with Gasteiger partial charge in [-0.1, -0.05) is 0 Å². The molecule has 0 aromatic heterocycles. The SMILES string of the molecule is CC(CCCNC1CC1)OCC(F)F. The van der Waals surface area contributed by atoms with Crippen molar-refractivity contribution in [3.63, 3.8) is 0 Å². The van der Waals surface area contributed by atoms with Crippen LogP contribution >= 0.6 is 0 Å². The summed E-state index contributed by atoms with van der Waals surface area (Å²) in [6, 6.07) is 0.729. The van der Waals surface area contributed by atoms with Crippen molar-refractivity contribution < 1.29 is 13.5 Å². The Hall–Kier alpha value is -0.220. The third-order valence-corrected chi connectivity index (χ3v) is 2.30. The van der Waals surface area contributed by atoms with Crippen molar-refractivity contribution >= 4 is 0 Å². The molecular formula is C10H19F2NO. The minimum atomic E-state index is -2.35. The molecule has 0 bridgehead atoms. The molecule has 1 N–H and O–H groups in total. The summed E-state index contributed by atoms with van der Waals surface area (Å²) in [6.45, 7) is 2.39. The van der Waals surface area contributed by atoms with Gasteiger partial charge in [0.25, 0.3) is 6.43 Å². The van der Waals surface area contributed by atoms with Crippen molar-refractivity contribution in [2.75, 3.05) is 13.2 Å². The number of halogens is 2. The number of hydrogen-bond acceptors (Lipinski definition) is 2. The fourth-order valence-corrected chi connectivity index (χ4v) is 1.30. The van der Waals surface area contributed by atoms with Gasteiger partial charge in [0.2, 0.25) is 0 Å². The van der Waals surface area contributed by atoms with E-state index in [1.807, 2.05) is 6.92 Å². The molecule has 0 aliphatic heterocycles. The number of hydrogen-bond donors (Lipinski definition) is 1. The van der Waals surface area contributed by atoms with Crippen LogP contribution in [0.25, 0.3) is 0 Å². The summed E-state index contributed by atoms with van der Waals surface area (Å²) >= 11 is 0. The van der Waals surface area contributed by atoms with Gasteiger partial charge < -0.3 is 10.1 Å². The largest absolute Gasteiger partial charge is 0.373 e. The third-order valence-electron chi connectivity index (χ3n) is 2.30. The molecule has 1 fully saturated rings. The first-order chi connectivity index (χ1) is 6.68. The molecule has 0 aromatic rings. The van der Waals surface area contributed by atoms with E-state index in [2.05, 4.69) is 5.32 Å². The normalized spacial score (nSPS) is 18.9. The Kier molecular flexibility index (Phi) is 5.33. The van der Waals surface area contributed by atoms with E-state index < -0.39 is 13.0 Å². The molecule has 0 spiro atoms. The molecule has 14 heavy (non-hydrogen) atoms. The summed E-state index contributed by atoms with van der Waals surface area (Å²) in [7, 11) is 0. The summed E-state index contributed by atoms with van der Waals surface area (Å²) in [6.07, 6.45) is 2.04. The molecule has 1 aliphatic rings. The van der Waals surface area contributed by atoms with Gasteiger partial charge in [-0.25, -0.2) is 8.78 Å². The van der Waals surface area contributed by atoms with Crippen LogP contribution in [0.2, 0.25) is 0 Å². The lowest BCUT2D eigenvalue weighted by Gasteiger charge is -2.12. The van der Waals surface area contributed by atoms with Crippen molar-refractivity contribution in [3.05, 3.63) is 0 Å². The molecule has 0 aromatic carbocycles. The number of rotatable bonds is 8. The van der Waals surface area contributed by atoms with Crippen LogP contribution in [0.5, 0.6) is 0 Å². The lowest BCUT2D eigenvalue weighted by atomic mass is 10.2. The zero-order chi connectivity index (χ0) is 10.4. The molecule has 2 nitrogen and oxygen atoms in total. The van der Waals surface area contributed by atoms with Gasteiger partial charge in [-0.05, 0) is 39.2 Å². The molecule has 1 aliphatic carbocycles. The zero-order valence-corrected chi connectivity index (χ0v) is 8.64. The molecule has 0 saturated heterocycles. The first-order valence-electron chi connectivity index (χ1n) is 5.31. The van der Waals surface area contributed by atoms with E-state index in [-0.39, 0.29) is 6.10 Å². The van der Waals surface area contributed by atoms with E-state index in [1.54, 1.807) is 0 Å². The highest BCUT2D eigenvalue weighted by molar-refractivity contribution is 4.80. The molecule has 4 heteroatoms. The maximum atomic E-state index is 11.8. The lowest BCUT2D eigenvalue weighted by Crippen LogP contribution is -2.20. The van der Waals surface area contributed by atoms with Gasteiger partial charge in [0.1, 0.15) is 6.61 Å². The minimum absolute atomic E-state index is 0.0509. The maximum Gasteiger partial charge on any atom is 0.261 e. The van der Waals surface area contributed by atoms with Crippen LogP contribution in [-0.4, -0.2) is 31.7 Å². The van der Waals surface area contributed by atoms with Crippen LogP contribution in [0, 0.1) is 0 Å². The first kappa shape index (κ1) is 11.9. The number of alkyl halides is 2. The van der Waals surface area contributed by atoms with Crippen molar-refractivity contribution in [3.8, 4) is 0 Å². The molecule has 1 rings (SSSR count). The smallest absolute Gasteiger partial charge is 0.261 e.